The number of hydrogen-bond acceptors (Lipinski definition) is 3. The van der Waals surface area contributed by atoms with E-state index in [1.807, 2.05) is 0 Å². The lowest BCUT2D eigenvalue weighted by molar-refractivity contribution is -0.142. The van der Waals surface area contributed by atoms with Gasteiger partial charge in [-0.05, 0) is 55.6 Å². The predicted molar refractivity (Wildman–Crippen MR) is 90.9 cm³/mol. The fourth-order valence-corrected chi connectivity index (χ4v) is 3.74. The summed E-state index contributed by atoms with van der Waals surface area (Å²) in [6, 6.07) is 5.14. The highest BCUT2D eigenvalue weighted by Gasteiger charge is 2.39. The number of aromatic nitrogens is 2. The molecule has 0 aliphatic heterocycles. The quantitative estimate of drug-likeness (QED) is 0.554. The molecule has 0 saturated heterocycles. The van der Waals surface area contributed by atoms with Crippen LogP contribution in [0.5, 0.6) is 0 Å². The average molecular weight is 423 g/mol. The summed E-state index contributed by atoms with van der Waals surface area (Å²) in [6.07, 6.45) is -2.63. The van der Waals surface area contributed by atoms with Crippen molar-refractivity contribution in [2.75, 3.05) is 5.32 Å². The molecule has 0 bridgehead atoms. The molecule has 0 unspecified atom stereocenters. The molecule has 11 heteroatoms. The molecular formula is C17H15F6N3OS. The molecule has 1 aliphatic carbocycles. The SMILES string of the molecule is O=C(Cn1nc(C(F)(F)F)c2c1CCCC2)Nc1cccc(SC(F)(F)F)c1. The topological polar surface area (TPSA) is 46.9 Å². The molecule has 1 aliphatic rings. The third-order valence-electron chi connectivity index (χ3n) is 4.17. The molecule has 1 heterocycles. The molecule has 1 aromatic carbocycles. The number of benzene rings is 1. The Labute approximate surface area is 160 Å². The fraction of sp³-hybridized carbons (Fsp3) is 0.412. The Morgan fingerprint density at radius 2 is 1.86 bits per heavy atom. The standard InChI is InChI=1S/C17H15F6N3OS/c18-16(19,20)15-12-6-1-2-7-13(12)26(25-15)9-14(27)24-10-4-3-5-11(8-10)28-17(21,22)23/h3-5,8H,1-2,6-7,9H2,(H,24,27). The number of halogens is 6. The van der Waals surface area contributed by atoms with Gasteiger partial charge in [0, 0.05) is 21.8 Å². The van der Waals surface area contributed by atoms with Gasteiger partial charge in [-0.3, -0.25) is 9.48 Å². The number of thioether (sulfide) groups is 1. The minimum Gasteiger partial charge on any atom is -0.324 e. The van der Waals surface area contributed by atoms with Crippen molar-refractivity contribution in [3.8, 4) is 0 Å². The molecule has 3 rings (SSSR count). The van der Waals surface area contributed by atoms with Crippen LogP contribution in [0.4, 0.5) is 32.0 Å². The zero-order chi connectivity index (χ0) is 20.5. The number of nitrogens with zero attached hydrogens (tertiary/aromatic N) is 2. The highest BCUT2D eigenvalue weighted by atomic mass is 32.2. The number of alkyl halides is 6. The molecule has 0 atom stereocenters. The predicted octanol–water partition coefficient (Wildman–Crippen LogP) is 5.03. The molecule has 0 radical (unpaired) electrons. The van der Waals surface area contributed by atoms with E-state index in [1.165, 1.54) is 18.2 Å². The molecule has 1 amide bonds. The number of fused-ring (bicyclic) bond motifs is 1. The van der Waals surface area contributed by atoms with Crippen LogP contribution in [0.15, 0.2) is 29.2 Å². The maximum Gasteiger partial charge on any atom is 0.446 e. The largest absolute Gasteiger partial charge is 0.446 e. The van der Waals surface area contributed by atoms with E-state index in [1.54, 1.807) is 0 Å². The van der Waals surface area contributed by atoms with E-state index in [4.69, 9.17) is 0 Å². The van der Waals surface area contributed by atoms with Crippen molar-refractivity contribution < 1.29 is 31.1 Å². The highest BCUT2D eigenvalue weighted by molar-refractivity contribution is 8.00. The number of carbonyl (C=O) groups excluding carboxylic acids is 1. The molecule has 4 nitrogen and oxygen atoms in total. The highest BCUT2D eigenvalue weighted by Crippen LogP contribution is 2.38. The van der Waals surface area contributed by atoms with Gasteiger partial charge < -0.3 is 5.32 Å². The molecular weight excluding hydrogens is 408 g/mol. The first-order chi connectivity index (χ1) is 13.0. The van der Waals surface area contributed by atoms with Crippen LogP contribution in [-0.2, 0) is 30.4 Å². The van der Waals surface area contributed by atoms with Crippen molar-refractivity contribution in [3.05, 3.63) is 41.2 Å². The molecule has 0 fully saturated rings. The lowest BCUT2D eigenvalue weighted by Crippen LogP contribution is -2.21. The second-order valence-electron chi connectivity index (χ2n) is 6.26. The monoisotopic (exact) mass is 423 g/mol. The maximum atomic E-state index is 13.2. The summed E-state index contributed by atoms with van der Waals surface area (Å²) >= 11 is -0.323. The van der Waals surface area contributed by atoms with Crippen molar-refractivity contribution in [2.24, 2.45) is 0 Å². The van der Waals surface area contributed by atoms with Crippen LogP contribution in [0.3, 0.4) is 0 Å². The number of amides is 1. The Balaban J connectivity index is 1.76. The summed E-state index contributed by atoms with van der Waals surface area (Å²) in [7, 11) is 0. The lowest BCUT2D eigenvalue weighted by Gasteiger charge is -2.14. The Bertz CT molecular complexity index is 875. The third kappa shape index (κ3) is 5.00. The first-order valence-electron chi connectivity index (χ1n) is 8.34. The molecule has 0 spiro atoms. The van der Waals surface area contributed by atoms with E-state index in [0.29, 0.717) is 25.0 Å². The average Bonchev–Trinajstić information content (AvgIpc) is 2.92. The number of nitrogens with one attached hydrogen (secondary N) is 1. The maximum absolute atomic E-state index is 13.2. The van der Waals surface area contributed by atoms with Crippen LogP contribution in [0.1, 0.15) is 29.8 Å². The Kier molecular flexibility index (Phi) is 5.64. The minimum absolute atomic E-state index is 0.110. The molecule has 28 heavy (non-hydrogen) atoms. The zero-order valence-electron chi connectivity index (χ0n) is 14.3. The number of hydrogen-bond donors (Lipinski definition) is 1. The lowest BCUT2D eigenvalue weighted by atomic mass is 9.95. The van der Waals surface area contributed by atoms with Crippen LogP contribution in [0.25, 0.3) is 0 Å². The number of anilines is 1. The van der Waals surface area contributed by atoms with Gasteiger partial charge in [0.05, 0.1) is 0 Å². The van der Waals surface area contributed by atoms with E-state index >= 15 is 0 Å². The van der Waals surface area contributed by atoms with Crippen molar-refractivity contribution in [2.45, 2.75) is 48.8 Å². The minimum atomic E-state index is -4.60. The molecule has 0 saturated carbocycles. The smallest absolute Gasteiger partial charge is 0.324 e. The summed E-state index contributed by atoms with van der Waals surface area (Å²) in [5.74, 6) is -0.668. The number of rotatable bonds is 4. The van der Waals surface area contributed by atoms with Crippen LogP contribution >= 0.6 is 11.8 Å². The van der Waals surface area contributed by atoms with E-state index < -0.39 is 29.8 Å². The van der Waals surface area contributed by atoms with Gasteiger partial charge in [0.25, 0.3) is 0 Å². The summed E-state index contributed by atoms with van der Waals surface area (Å²) in [6.45, 7) is -0.449. The fourth-order valence-electron chi connectivity index (χ4n) is 3.14. The van der Waals surface area contributed by atoms with Crippen LogP contribution in [0.2, 0.25) is 0 Å². The van der Waals surface area contributed by atoms with Crippen molar-refractivity contribution in [1.82, 2.24) is 9.78 Å². The van der Waals surface area contributed by atoms with Gasteiger partial charge in [0.2, 0.25) is 5.91 Å². The molecule has 152 valence electrons. The van der Waals surface area contributed by atoms with Gasteiger partial charge in [-0.15, -0.1) is 0 Å². The Morgan fingerprint density at radius 3 is 2.54 bits per heavy atom. The van der Waals surface area contributed by atoms with Crippen molar-refractivity contribution in [1.29, 1.82) is 0 Å². The summed E-state index contributed by atoms with van der Waals surface area (Å²) in [5.41, 5.74) is -4.81. The number of carbonyl (C=O) groups is 1. The van der Waals surface area contributed by atoms with Crippen LogP contribution < -0.4 is 5.32 Å². The Hall–Kier alpha value is -2.17. The van der Waals surface area contributed by atoms with Gasteiger partial charge in [-0.25, -0.2) is 0 Å². The zero-order valence-corrected chi connectivity index (χ0v) is 15.1. The van der Waals surface area contributed by atoms with E-state index in [0.717, 1.165) is 10.7 Å². The normalized spacial score (nSPS) is 14.6. The molecule has 2 aromatic rings. The van der Waals surface area contributed by atoms with Crippen LogP contribution in [0, 0.1) is 0 Å². The summed E-state index contributed by atoms with van der Waals surface area (Å²) in [5, 5.41) is 6.00. The van der Waals surface area contributed by atoms with Gasteiger partial charge >= 0.3 is 11.7 Å². The first-order valence-corrected chi connectivity index (χ1v) is 9.16. The van der Waals surface area contributed by atoms with Gasteiger partial charge in [-0.2, -0.15) is 31.4 Å². The van der Waals surface area contributed by atoms with E-state index in [9.17, 15) is 31.1 Å². The van der Waals surface area contributed by atoms with E-state index in [2.05, 4.69) is 10.4 Å². The summed E-state index contributed by atoms with van der Waals surface area (Å²) < 4.78 is 78.0. The summed E-state index contributed by atoms with van der Waals surface area (Å²) in [4.78, 5) is 12.1. The first kappa shape index (κ1) is 20.6. The molecule has 1 N–H and O–H groups in total. The van der Waals surface area contributed by atoms with E-state index in [-0.39, 0.29) is 34.3 Å². The van der Waals surface area contributed by atoms with Crippen molar-refractivity contribution >= 4 is 23.4 Å². The van der Waals surface area contributed by atoms with Crippen molar-refractivity contribution in [3.63, 3.8) is 0 Å². The second-order valence-corrected chi connectivity index (χ2v) is 7.40. The van der Waals surface area contributed by atoms with Crippen LogP contribution in [-0.4, -0.2) is 21.2 Å². The van der Waals surface area contributed by atoms with Gasteiger partial charge in [0.15, 0.2) is 5.69 Å². The Morgan fingerprint density at radius 1 is 1.14 bits per heavy atom. The second kappa shape index (κ2) is 7.69. The van der Waals surface area contributed by atoms with Gasteiger partial charge in [0.1, 0.15) is 6.54 Å². The third-order valence-corrected chi connectivity index (χ3v) is 4.89. The molecule has 1 aromatic heterocycles. The van der Waals surface area contributed by atoms with Gasteiger partial charge in [-0.1, -0.05) is 6.07 Å².